The van der Waals surface area contributed by atoms with Gasteiger partial charge in [0.25, 0.3) is 0 Å². The van der Waals surface area contributed by atoms with E-state index in [1.165, 1.54) is 0 Å². The molecule has 0 amide bonds. The van der Waals surface area contributed by atoms with Gasteiger partial charge in [-0.25, -0.2) is 4.98 Å². The van der Waals surface area contributed by atoms with Gasteiger partial charge in [0, 0.05) is 36.9 Å². The largest absolute Gasteiger partial charge is 0.379 e. The van der Waals surface area contributed by atoms with Gasteiger partial charge >= 0.3 is 0 Å². The van der Waals surface area contributed by atoms with Crippen molar-refractivity contribution in [3.8, 4) is 6.07 Å². The molecule has 0 aliphatic carbocycles. The van der Waals surface area contributed by atoms with Crippen molar-refractivity contribution in [2.24, 2.45) is 0 Å². The summed E-state index contributed by atoms with van der Waals surface area (Å²) >= 11 is 0. The predicted octanol–water partition coefficient (Wildman–Crippen LogP) is 2.84. The molecule has 108 valence electrons. The molecule has 0 saturated carbocycles. The van der Waals surface area contributed by atoms with Gasteiger partial charge in [-0.05, 0) is 32.0 Å². The quantitative estimate of drug-likeness (QED) is 0.907. The molecular weight excluding hydrogens is 262 g/mol. The Hall–Kier alpha value is -2.48. The molecule has 5 heteroatoms. The Kier molecular flexibility index (Phi) is 3.78. The number of nitriles is 1. The molecule has 0 radical (unpaired) electrons. The van der Waals surface area contributed by atoms with Crippen LogP contribution in [0.4, 0.5) is 5.69 Å². The Labute approximate surface area is 124 Å². The lowest BCUT2D eigenvalue weighted by atomic mass is 10.0. The highest BCUT2D eigenvalue weighted by atomic mass is 15.1. The third-order valence-electron chi connectivity index (χ3n) is 3.87. The van der Waals surface area contributed by atoms with Crippen molar-refractivity contribution in [1.29, 1.82) is 5.26 Å². The van der Waals surface area contributed by atoms with Crippen LogP contribution in [0.2, 0.25) is 0 Å². The molecule has 2 N–H and O–H groups in total. The Morgan fingerprint density at radius 2 is 2.48 bits per heavy atom. The first-order valence-electron chi connectivity index (χ1n) is 7.31. The number of aromatic amines is 1. The molecule has 1 saturated heterocycles. The smallest absolute Gasteiger partial charge is 0.139 e. The van der Waals surface area contributed by atoms with Crippen molar-refractivity contribution in [2.45, 2.75) is 25.8 Å². The maximum absolute atomic E-state index is 9.32. The van der Waals surface area contributed by atoms with E-state index < -0.39 is 0 Å². The minimum atomic E-state index is 0.350. The normalized spacial score (nSPS) is 19.0. The van der Waals surface area contributed by atoms with Crippen molar-refractivity contribution in [3.05, 3.63) is 36.3 Å². The number of H-pyrrole nitrogens is 1. The van der Waals surface area contributed by atoms with E-state index in [0.717, 1.165) is 42.7 Å². The summed E-state index contributed by atoms with van der Waals surface area (Å²) in [5.41, 5.74) is 2.32. The number of anilines is 1. The minimum Gasteiger partial charge on any atom is -0.379 e. The average Bonchev–Trinajstić information content (AvgIpc) is 2.97. The predicted molar refractivity (Wildman–Crippen MR) is 83.8 cm³/mol. The van der Waals surface area contributed by atoms with Crippen LogP contribution in [0.5, 0.6) is 0 Å². The van der Waals surface area contributed by atoms with Gasteiger partial charge in [0.2, 0.25) is 0 Å². The third kappa shape index (κ3) is 2.70. The van der Waals surface area contributed by atoms with Crippen molar-refractivity contribution in [2.75, 3.05) is 18.4 Å². The summed E-state index contributed by atoms with van der Waals surface area (Å²) in [6.45, 7) is 4.10. The lowest BCUT2D eigenvalue weighted by molar-refractivity contribution is 0.291. The zero-order chi connectivity index (χ0) is 14.7. The molecule has 1 fully saturated rings. The number of fused-ring (bicyclic) bond motifs is 1. The van der Waals surface area contributed by atoms with E-state index in [-0.39, 0.29) is 0 Å². The minimum absolute atomic E-state index is 0.350. The standard InChI is InChI=1S/C16H19N5/c1-2-7-21-8-3-4-13(11-21)20-15-12(9-17)10-19-16-14(15)5-6-18-16/h2,5-7,10,13H,3-4,8,11H2,1H3,(H2,18,19,20)/t13-/m1/s1. The number of nitrogens with one attached hydrogen (secondary N) is 2. The number of piperidine rings is 1. The van der Waals surface area contributed by atoms with Crippen molar-refractivity contribution in [3.63, 3.8) is 0 Å². The van der Waals surface area contributed by atoms with Crippen molar-refractivity contribution >= 4 is 16.7 Å². The molecule has 0 unspecified atom stereocenters. The number of allylic oxidation sites excluding steroid dienone is 1. The Morgan fingerprint density at radius 1 is 1.57 bits per heavy atom. The highest BCUT2D eigenvalue weighted by Crippen LogP contribution is 2.27. The second-order valence-electron chi connectivity index (χ2n) is 5.36. The van der Waals surface area contributed by atoms with Crippen LogP contribution in [0, 0.1) is 11.3 Å². The molecule has 2 aromatic rings. The number of nitrogens with zero attached hydrogens (tertiary/aromatic N) is 3. The number of aromatic nitrogens is 2. The summed E-state index contributed by atoms with van der Waals surface area (Å²) in [4.78, 5) is 9.69. The molecule has 1 atom stereocenters. The van der Waals surface area contributed by atoms with Gasteiger partial charge in [-0.15, -0.1) is 0 Å². The summed E-state index contributed by atoms with van der Waals surface area (Å²) in [7, 11) is 0. The fourth-order valence-electron chi connectivity index (χ4n) is 2.92. The van der Waals surface area contributed by atoms with Gasteiger partial charge in [0.1, 0.15) is 11.7 Å². The summed E-state index contributed by atoms with van der Waals surface area (Å²) in [6, 6.07) is 4.56. The molecule has 0 bridgehead atoms. The van der Waals surface area contributed by atoms with E-state index in [9.17, 15) is 5.26 Å². The summed E-state index contributed by atoms with van der Waals surface area (Å²) < 4.78 is 0. The van der Waals surface area contributed by atoms with E-state index in [4.69, 9.17) is 0 Å². The maximum atomic E-state index is 9.32. The van der Waals surface area contributed by atoms with Crippen LogP contribution in [-0.4, -0.2) is 34.0 Å². The number of hydrogen-bond donors (Lipinski definition) is 2. The number of rotatable bonds is 3. The zero-order valence-corrected chi connectivity index (χ0v) is 12.1. The van der Waals surface area contributed by atoms with Gasteiger partial charge in [-0.2, -0.15) is 5.26 Å². The highest BCUT2D eigenvalue weighted by molar-refractivity contribution is 5.92. The molecule has 3 heterocycles. The molecule has 0 aromatic carbocycles. The zero-order valence-electron chi connectivity index (χ0n) is 12.1. The van der Waals surface area contributed by atoms with Gasteiger partial charge < -0.3 is 15.2 Å². The number of hydrogen-bond acceptors (Lipinski definition) is 4. The van der Waals surface area contributed by atoms with E-state index in [1.54, 1.807) is 6.20 Å². The second kappa shape index (κ2) is 5.88. The van der Waals surface area contributed by atoms with Gasteiger partial charge in [0.05, 0.1) is 11.3 Å². The topological polar surface area (TPSA) is 67.7 Å². The fraction of sp³-hybridized carbons (Fsp3) is 0.375. The molecule has 1 aliphatic rings. The number of likely N-dealkylation sites (tertiary alicyclic amines) is 1. The van der Waals surface area contributed by atoms with E-state index in [0.29, 0.717) is 11.6 Å². The maximum Gasteiger partial charge on any atom is 0.139 e. The first-order valence-corrected chi connectivity index (χ1v) is 7.31. The summed E-state index contributed by atoms with van der Waals surface area (Å²) in [6.07, 6.45) is 9.97. The van der Waals surface area contributed by atoms with Crippen LogP contribution in [0.3, 0.4) is 0 Å². The van der Waals surface area contributed by atoms with Crippen LogP contribution in [0.1, 0.15) is 25.3 Å². The molecule has 2 aromatic heterocycles. The second-order valence-corrected chi connectivity index (χ2v) is 5.36. The SMILES string of the molecule is CC=CN1CCC[C@@H](Nc2c(C#N)cnc3[nH]ccc23)C1. The molecule has 5 nitrogen and oxygen atoms in total. The van der Waals surface area contributed by atoms with Crippen LogP contribution < -0.4 is 5.32 Å². The van der Waals surface area contributed by atoms with Crippen molar-refractivity contribution < 1.29 is 0 Å². The van der Waals surface area contributed by atoms with Crippen molar-refractivity contribution in [1.82, 2.24) is 14.9 Å². The van der Waals surface area contributed by atoms with E-state index in [1.807, 2.05) is 19.2 Å². The van der Waals surface area contributed by atoms with Crippen LogP contribution >= 0.6 is 0 Å². The fourth-order valence-corrected chi connectivity index (χ4v) is 2.92. The summed E-state index contributed by atoms with van der Waals surface area (Å²) in [5.74, 6) is 0. The van der Waals surface area contributed by atoms with Crippen LogP contribution in [0.15, 0.2) is 30.7 Å². The average molecular weight is 281 g/mol. The van der Waals surface area contributed by atoms with Gasteiger partial charge in [-0.3, -0.25) is 0 Å². The Bertz CT molecular complexity index is 694. The first kappa shape index (κ1) is 13.5. The molecule has 3 rings (SSSR count). The molecule has 1 aliphatic heterocycles. The molecule has 0 spiro atoms. The van der Waals surface area contributed by atoms with E-state index in [2.05, 4.69) is 38.5 Å². The lowest BCUT2D eigenvalue weighted by Crippen LogP contribution is -2.39. The molecular formula is C16H19N5. The summed E-state index contributed by atoms with van der Waals surface area (Å²) in [5, 5.41) is 13.9. The van der Waals surface area contributed by atoms with Crippen LogP contribution in [-0.2, 0) is 0 Å². The Morgan fingerprint density at radius 3 is 3.29 bits per heavy atom. The first-order chi connectivity index (χ1) is 10.3. The third-order valence-corrected chi connectivity index (χ3v) is 3.87. The Balaban J connectivity index is 1.87. The van der Waals surface area contributed by atoms with Gasteiger partial charge in [-0.1, -0.05) is 6.08 Å². The molecule has 21 heavy (non-hydrogen) atoms. The van der Waals surface area contributed by atoms with Gasteiger partial charge in [0.15, 0.2) is 0 Å². The lowest BCUT2D eigenvalue weighted by Gasteiger charge is -2.33. The van der Waals surface area contributed by atoms with Crippen LogP contribution in [0.25, 0.3) is 11.0 Å². The van der Waals surface area contributed by atoms with E-state index >= 15 is 0 Å². The highest BCUT2D eigenvalue weighted by Gasteiger charge is 2.20. The number of pyridine rings is 1. The monoisotopic (exact) mass is 281 g/mol.